The van der Waals surface area contributed by atoms with Crippen molar-refractivity contribution in [2.45, 2.75) is 39.2 Å². The third kappa shape index (κ3) is 4.74. The van der Waals surface area contributed by atoms with Gasteiger partial charge in [0.25, 0.3) is 0 Å². The molecule has 1 aliphatic carbocycles. The first-order chi connectivity index (χ1) is 13.4. The molecule has 0 saturated heterocycles. The number of nitrogens with one attached hydrogen (secondary N) is 1. The van der Waals surface area contributed by atoms with Crippen molar-refractivity contribution in [2.24, 2.45) is 0 Å². The molecule has 0 aromatic heterocycles. The second-order valence-corrected chi connectivity index (χ2v) is 6.90. The van der Waals surface area contributed by atoms with Crippen LogP contribution in [-0.2, 0) is 27.2 Å². The van der Waals surface area contributed by atoms with Crippen LogP contribution in [0.25, 0.3) is 6.08 Å². The largest absolute Gasteiger partial charge is 0.450 e. The first kappa shape index (κ1) is 19.5. The normalized spacial score (nSPS) is 14.1. The molecule has 1 aliphatic rings. The van der Waals surface area contributed by atoms with E-state index in [9.17, 15) is 14.4 Å². The zero-order valence-electron chi connectivity index (χ0n) is 16.0. The van der Waals surface area contributed by atoms with E-state index in [1.807, 2.05) is 30.3 Å². The van der Waals surface area contributed by atoms with Gasteiger partial charge in [-0.05, 0) is 55.0 Å². The smallest absolute Gasteiger partial charge is 0.355 e. The summed E-state index contributed by atoms with van der Waals surface area (Å²) in [6.45, 7) is 2.85. The molecule has 2 aromatic carbocycles. The molecule has 1 N–H and O–H groups in total. The van der Waals surface area contributed by atoms with Gasteiger partial charge in [0, 0.05) is 12.5 Å². The van der Waals surface area contributed by atoms with Gasteiger partial charge in [-0.25, -0.2) is 4.79 Å². The summed E-state index contributed by atoms with van der Waals surface area (Å²) in [7, 11) is 0. The number of hydrogen-bond acceptors (Lipinski definition) is 4. The summed E-state index contributed by atoms with van der Waals surface area (Å²) in [4.78, 5) is 36.7. The molecule has 2 aromatic rings. The van der Waals surface area contributed by atoms with E-state index in [2.05, 4.69) is 5.32 Å². The third-order valence-corrected chi connectivity index (χ3v) is 4.68. The highest BCUT2D eigenvalue weighted by molar-refractivity contribution is 6.03. The van der Waals surface area contributed by atoms with E-state index in [-0.39, 0.29) is 11.5 Å². The molecule has 0 saturated carbocycles. The van der Waals surface area contributed by atoms with E-state index in [1.165, 1.54) is 24.1 Å². The fourth-order valence-electron chi connectivity index (χ4n) is 3.29. The number of rotatable bonds is 6. The van der Waals surface area contributed by atoms with Crippen LogP contribution >= 0.6 is 0 Å². The molecule has 5 heteroatoms. The van der Waals surface area contributed by atoms with Crippen molar-refractivity contribution in [1.29, 1.82) is 0 Å². The van der Waals surface area contributed by atoms with E-state index in [0.717, 1.165) is 24.8 Å². The first-order valence-corrected chi connectivity index (χ1v) is 9.35. The molecule has 0 aliphatic heterocycles. The molecule has 28 heavy (non-hydrogen) atoms. The van der Waals surface area contributed by atoms with Crippen molar-refractivity contribution in [2.75, 3.05) is 0 Å². The van der Waals surface area contributed by atoms with E-state index < -0.39 is 18.0 Å². The number of carbonyl (C=O) groups is 3. The van der Waals surface area contributed by atoms with Crippen molar-refractivity contribution in [3.63, 3.8) is 0 Å². The van der Waals surface area contributed by atoms with Crippen LogP contribution in [-0.4, -0.2) is 23.8 Å². The number of ketones is 1. The Morgan fingerprint density at radius 3 is 2.46 bits per heavy atom. The number of hydrogen-bond donors (Lipinski definition) is 1. The maximum atomic E-state index is 12.7. The third-order valence-electron chi connectivity index (χ3n) is 4.68. The molecule has 144 valence electrons. The van der Waals surface area contributed by atoms with Crippen LogP contribution in [0.15, 0.2) is 54.2 Å². The van der Waals surface area contributed by atoms with E-state index >= 15 is 0 Å². The fraction of sp³-hybridized carbons (Fsp3) is 0.261. The number of benzene rings is 2. The molecule has 0 bridgehead atoms. The minimum Gasteiger partial charge on any atom is -0.450 e. The number of Topliss-reactive ketones (excluding diaryl/α,β-unsaturated/α-hetero) is 1. The molecular formula is C23H23NO4. The summed E-state index contributed by atoms with van der Waals surface area (Å²) >= 11 is 0. The van der Waals surface area contributed by atoms with Gasteiger partial charge < -0.3 is 10.1 Å². The summed E-state index contributed by atoms with van der Waals surface area (Å²) in [6.07, 6.45) is 3.67. The second-order valence-electron chi connectivity index (χ2n) is 6.90. The van der Waals surface area contributed by atoms with Crippen molar-refractivity contribution >= 4 is 23.7 Å². The lowest BCUT2D eigenvalue weighted by atomic mass is 10.0. The van der Waals surface area contributed by atoms with Crippen LogP contribution in [0.2, 0.25) is 0 Å². The Labute approximate surface area is 164 Å². The lowest BCUT2D eigenvalue weighted by Crippen LogP contribution is -2.31. The van der Waals surface area contributed by atoms with E-state index in [0.29, 0.717) is 5.56 Å². The summed E-state index contributed by atoms with van der Waals surface area (Å²) < 4.78 is 5.35. The predicted molar refractivity (Wildman–Crippen MR) is 107 cm³/mol. The molecule has 0 radical (unpaired) electrons. The number of aryl methyl sites for hydroxylation is 2. The van der Waals surface area contributed by atoms with Crippen LogP contribution in [0.1, 0.15) is 47.3 Å². The van der Waals surface area contributed by atoms with Crippen LogP contribution in [0.5, 0.6) is 0 Å². The van der Waals surface area contributed by atoms with Crippen molar-refractivity contribution in [1.82, 2.24) is 5.32 Å². The zero-order chi connectivity index (χ0) is 20.1. The van der Waals surface area contributed by atoms with Gasteiger partial charge in [-0.3, -0.25) is 9.59 Å². The van der Waals surface area contributed by atoms with Crippen LogP contribution < -0.4 is 5.32 Å². The summed E-state index contributed by atoms with van der Waals surface area (Å²) in [6, 6.07) is 14.7. The highest BCUT2D eigenvalue weighted by atomic mass is 16.5. The Balaban J connectivity index is 1.74. The Hall–Kier alpha value is -3.21. The molecule has 1 unspecified atom stereocenters. The maximum Gasteiger partial charge on any atom is 0.355 e. The molecular weight excluding hydrogens is 354 g/mol. The van der Waals surface area contributed by atoms with Gasteiger partial charge in [-0.2, -0.15) is 0 Å². The molecule has 1 atom stereocenters. The van der Waals surface area contributed by atoms with E-state index in [1.54, 1.807) is 25.1 Å². The Bertz CT molecular complexity index is 931. The number of carbonyl (C=O) groups excluding carboxylic acids is 3. The van der Waals surface area contributed by atoms with Crippen molar-refractivity contribution in [3.05, 3.63) is 76.5 Å². The molecule has 0 fully saturated rings. The molecule has 0 heterocycles. The molecule has 1 amide bonds. The number of amides is 1. The Kier molecular flexibility index (Phi) is 6.04. The topological polar surface area (TPSA) is 72.5 Å². The predicted octanol–water partition coefficient (Wildman–Crippen LogP) is 3.47. The van der Waals surface area contributed by atoms with Crippen LogP contribution in [0.3, 0.4) is 0 Å². The van der Waals surface area contributed by atoms with Crippen LogP contribution in [0.4, 0.5) is 0 Å². The average Bonchev–Trinajstić information content (AvgIpc) is 3.15. The molecule has 0 spiro atoms. The summed E-state index contributed by atoms with van der Waals surface area (Å²) in [5, 5.41) is 2.48. The average molecular weight is 377 g/mol. The summed E-state index contributed by atoms with van der Waals surface area (Å²) in [5.74, 6) is -1.40. The van der Waals surface area contributed by atoms with Crippen molar-refractivity contribution < 1.29 is 19.1 Å². The Morgan fingerprint density at radius 2 is 1.75 bits per heavy atom. The fourth-order valence-corrected chi connectivity index (χ4v) is 3.29. The lowest BCUT2D eigenvalue weighted by Gasteiger charge is -2.15. The molecule has 3 rings (SSSR count). The van der Waals surface area contributed by atoms with Gasteiger partial charge >= 0.3 is 5.97 Å². The summed E-state index contributed by atoms with van der Waals surface area (Å²) in [5.41, 5.74) is 3.73. The van der Waals surface area contributed by atoms with Crippen LogP contribution in [0, 0.1) is 0 Å². The monoisotopic (exact) mass is 377 g/mol. The van der Waals surface area contributed by atoms with Gasteiger partial charge in [0.1, 0.15) is 5.70 Å². The minimum absolute atomic E-state index is 0.00713. The standard InChI is InChI=1S/C23H23NO4/c1-15(22(26)20-12-11-18-9-6-10-19(18)14-20)28-23(27)21(24-16(2)25)13-17-7-4-3-5-8-17/h3-5,7-8,11-15H,6,9-10H2,1-2H3,(H,24,25)/b21-13+. The Morgan fingerprint density at radius 1 is 1.04 bits per heavy atom. The first-order valence-electron chi connectivity index (χ1n) is 9.35. The van der Waals surface area contributed by atoms with Gasteiger partial charge in [0.2, 0.25) is 11.7 Å². The lowest BCUT2D eigenvalue weighted by molar-refractivity contribution is -0.142. The van der Waals surface area contributed by atoms with Crippen molar-refractivity contribution in [3.8, 4) is 0 Å². The van der Waals surface area contributed by atoms with Gasteiger partial charge in [0.15, 0.2) is 6.10 Å². The highest BCUT2D eigenvalue weighted by Gasteiger charge is 2.23. The van der Waals surface area contributed by atoms with Gasteiger partial charge in [-0.1, -0.05) is 42.5 Å². The van der Waals surface area contributed by atoms with Gasteiger partial charge in [-0.15, -0.1) is 0 Å². The second kappa shape index (κ2) is 8.65. The molecule has 5 nitrogen and oxygen atoms in total. The number of esters is 1. The maximum absolute atomic E-state index is 12.7. The highest BCUT2D eigenvalue weighted by Crippen LogP contribution is 2.23. The van der Waals surface area contributed by atoms with E-state index in [4.69, 9.17) is 4.74 Å². The SMILES string of the molecule is CC(=O)N/C(=C/c1ccccc1)C(=O)OC(C)C(=O)c1ccc2c(c1)CCC2. The number of fused-ring (bicyclic) bond motifs is 1. The zero-order valence-corrected chi connectivity index (χ0v) is 16.0. The quantitative estimate of drug-likeness (QED) is 0.475. The minimum atomic E-state index is -0.958. The number of ether oxygens (including phenoxy) is 1. The van der Waals surface area contributed by atoms with Gasteiger partial charge in [0.05, 0.1) is 0 Å².